The summed E-state index contributed by atoms with van der Waals surface area (Å²) in [6.45, 7) is 13.6. The zero-order chi connectivity index (χ0) is 18.7. The van der Waals surface area contributed by atoms with Crippen molar-refractivity contribution < 1.29 is 14.2 Å². The highest BCUT2D eigenvalue weighted by Gasteiger charge is 2.33. The molecule has 0 aromatic heterocycles. The first-order valence-electron chi connectivity index (χ1n) is 9.37. The molecule has 1 atom stereocenters. The molecule has 2 aromatic carbocycles. The summed E-state index contributed by atoms with van der Waals surface area (Å²) in [4.78, 5) is 0. The molecule has 3 heteroatoms. The average Bonchev–Trinajstić information content (AvgIpc) is 3.17. The summed E-state index contributed by atoms with van der Waals surface area (Å²) in [5.74, 6) is 2.77. The van der Waals surface area contributed by atoms with Crippen LogP contribution in [0.15, 0.2) is 30.3 Å². The highest BCUT2D eigenvalue weighted by molar-refractivity contribution is 5.55. The first-order chi connectivity index (χ1) is 12.1. The normalized spacial score (nSPS) is 18.6. The second-order valence-corrected chi connectivity index (χ2v) is 9.41. The molecule has 0 fully saturated rings. The molecule has 2 aliphatic heterocycles. The summed E-state index contributed by atoms with van der Waals surface area (Å²) in [6, 6.07) is 10.8. The molecule has 26 heavy (non-hydrogen) atoms. The van der Waals surface area contributed by atoms with Gasteiger partial charge >= 0.3 is 0 Å². The third-order valence-electron chi connectivity index (χ3n) is 5.24. The third-order valence-corrected chi connectivity index (χ3v) is 5.24. The first-order valence-corrected chi connectivity index (χ1v) is 9.37. The van der Waals surface area contributed by atoms with Crippen LogP contribution in [0.4, 0.5) is 0 Å². The van der Waals surface area contributed by atoms with Gasteiger partial charge in [-0.3, -0.25) is 0 Å². The van der Waals surface area contributed by atoms with Crippen LogP contribution in [0.2, 0.25) is 0 Å². The second-order valence-electron chi connectivity index (χ2n) is 9.41. The molecule has 0 bridgehead atoms. The summed E-state index contributed by atoms with van der Waals surface area (Å²) < 4.78 is 17.9. The van der Waals surface area contributed by atoms with E-state index >= 15 is 0 Å². The van der Waals surface area contributed by atoms with Crippen LogP contribution < -0.4 is 14.2 Å². The van der Waals surface area contributed by atoms with Crippen molar-refractivity contribution in [3.8, 4) is 17.2 Å². The summed E-state index contributed by atoms with van der Waals surface area (Å²) >= 11 is 0. The van der Waals surface area contributed by atoms with E-state index < -0.39 is 0 Å². The molecule has 0 radical (unpaired) electrons. The van der Waals surface area contributed by atoms with Crippen LogP contribution in [0, 0.1) is 0 Å². The number of benzene rings is 2. The van der Waals surface area contributed by atoms with E-state index in [1.165, 1.54) is 16.7 Å². The van der Waals surface area contributed by atoms with Crippen LogP contribution in [0.25, 0.3) is 0 Å². The SMILES string of the molecule is CC(C)(C)c1cccc2c1OC(c1cc3c(c(C(C)(C)C)c1)OCO3)C2. The number of para-hydroxylation sites is 1. The van der Waals surface area contributed by atoms with E-state index in [0.717, 1.165) is 29.2 Å². The molecule has 0 amide bonds. The van der Waals surface area contributed by atoms with Crippen molar-refractivity contribution in [2.75, 3.05) is 6.79 Å². The molecule has 138 valence electrons. The van der Waals surface area contributed by atoms with Crippen molar-refractivity contribution in [2.45, 2.75) is 64.9 Å². The standard InChI is InChI=1S/C23H28O3/c1-22(2,3)16-9-7-8-14-11-18(26-20(14)16)15-10-17(23(4,5)6)21-19(12-15)24-13-25-21/h7-10,12,18H,11,13H2,1-6H3. The third kappa shape index (κ3) is 2.84. The minimum absolute atomic E-state index is 0.0177. The Balaban J connectivity index is 1.75. The zero-order valence-corrected chi connectivity index (χ0v) is 16.6. The van der Waals surface area contributed by atoms with Gasteiger partial charge in [0.15, 0.2) is 11.5 Å². The molecule has 2 aliphatic rings. The van der Waals surface area contributed by atoms with Gasteiger partial charge in [0.2, 0.25) is 6.79 Å². The van der Waals surface area contributed by atoms with Crippen LogP contribution in [0.3, 0.4) is 0 Å². The molecular formula is C23H28O3. The Labute approximate surface area is 156 Å². The molecule has 3 nitrogen and oxygen atoms in total. The van der Waals surface area contributed by atoms with E-state index in [0.29, 0.717) is 6.79 Å². The Morgan fingerprint density at radius 3 is 2.27 bits per heavy atom. The fourth-order valence-electron chi connectivity index (χ4n) is 3.82. The molecule has 0 saturated carbocycles. The van der Waals surface area contributed by atoms with Crippen molar-refractivity contribution >= 4 is 0 Å². The van der Waals surface area contributed by atoms with Crippen molar-refractivity contribution in [3.63, 3.8) is 0 Å². The fraction of sp³-hybridized carbons (Fsp3) is 0.478. The summed E-state index contributed by atoms with van der Waals surface area (Å²) in [7, 11) is 0. The van der Waals surface area contributed by atoms with Crippen molar-refractivity contribution in [1.82, 2.24) is 0 Å². The number of hydrogen-bond acceptors (Lipinski definition) is 3. The van der Waals surface area contributed by atoms with E-state index in [1.54, 1.807) is 0 Å². The van der Waals surface area contributed by atoms with Gasteiger partial charge in [-0.15, -0.1) is 0 Å². The maximum atomic E-state index is 6.48. The maximum Gasteiger partial charge on any atom is 0.231 e. The van der Waals surface area contributed by atoms with Crippen LogP contribution in [0.5, 0.6) is 17.2 Å². The largest absolute Gasteiger partial charge is 0.485 e. The second kappa shape index (κ2) is 5.67. The number of ether oxygens (including phenoxy) is 3. The van der Waals surface area contributed by atoms with E-state index in [9.17, 15) is 0 Å². The van der Waals surface area contributed by atoms with Crippen molar-refractivity contribution in [3.05, 3.63) is 52.6 Å². The van der Waals surface area contributed by atoms with E-state index in [1.807, 2.05) is 0 Å². The zero-order valence-electron chi connectivity index (χ0n) is 16.6. The molecule has 0 saturated heterocycles. The van der Waals surface area contributed by atoms with Gasteiger partial charge in [-0.2, -0.15) is 0 Å². The van der Waals surface area contributed by atoms with Crippen LogP contribution in [0.1, 0.15) is 69.9 Å². The molecule has 2 heterocycles. The highest BCUT2D eigenvalue weighted by atomic mass is 16.7. The number of rotatable bonds is 1. The quantitative estimate of drug-likeness (QED) is 0.660. The van der Waals surface area contributed by atoms with E-state index in [-0.39, 0.29) is 16.9 Å². The van der Waals surface area contributed by atoms with E-state index in [4.69, 9.17) is 14.2 Å². The average molecular weight is 352 g/mol. The number of fused-ring (bicyclic) bond motifs is 2. The van der Waals surface area contributed by atoms with Gasteiger partial charge in [0, 0.05) is 12.0 Å². The Bertz CT molecular complexity index is 853. The molecule has 2 aromatic rings. The Kier molecular flexibility index (Phi) is 3.76. The van der Waals surface area contributed by atoms with Gasteiger partial charge in [0.25, 0.3) is 0 Å². The van der Waals surface area contributed by atoms with Gasteiger partial charge in [-0.25, -0.2) is 0 Å². The predicted octanol–water partition coefficient (Wildman–Crippen LogP) is 5.69. The number of hydrogen-bond donors (Lipinski definition) is 0. The van der Waals surface area contributed by atoms with Gasteiger partial charge in [-0.05, 0) is 39.7 Å². The summed E-state index contributed by atoms with van der Waals surface area (Å²) in [5, 5.41) is 0. The molecular weight excluding hydrogens is 324 g/mol. The summed E-state index contributed by atoms with van der Waals surface area (Å²) in [6.07, 6.45) is 0.909. The maximum absolute atomic E-state index is 6.48. The lowest BCUT2D eigenvalue weighted by Crippen LogP contribution is -2.15. The lowest BCUT2D eigenvalue weighted by atomic mass is 9.84. The van der Waals surface area contributed by atoms with Gasteiger partial charge in [0.05, 0.1) is 0 Å². The van der Waals surface area contributed by atoms with E-state index in [2.05, 4.69) is 71.9 Å². The van der Waals surface area contributed by atoms with Gasteiger partial charge < -0.3 is 14.2 Å². The molecule has 0 aliphatic carbocycles. The molecule has 4 rings (SSSR count). The molecule has 0 spiro atoms. The van der Waals surface area contributed by atoms with Crippen LogP contribution in [-0.4, -0.2) is 6.79 Å². The highest BCUT2D eigenvalue weighted by Crippen LogP contribution is 2.47. The van der Waals surface area contributed by atoms with Gasteiger partial charge in [0.1, 0.15) is 11.9 Å². The topological polar surface area (TPSA) is 27.7 Å². The molecule has 0 N–H and O–H groups in total. The lowest BCUT2D eigenvalue weighted by Gasteiger charge is -2.24. The van der Waals surface area contributed by atoms with Crippen molar-refractivity contribution in [1.29, 1.82) is 0 Å². The minimum atomic E-state index is -0.0180. The Morgan fingerprint density at radius 2 is 1.58 bits per heavy atom. The van der Waals surface area contributed by atoms with Crippen LogP contribution in [-0.2, 0) is 17.3 Å². The lowest BCUT2D eigenvalue weighted by molar-refractivity contribution is 0.172. The monoisotopic (exact) mass is 352 g/mol. The predicted molar refractivity (Wildman–Crippen MR) is 103 cm³/mol. The molecule has 1 unspecified atom stereocenters. The van der Waals surface area contributed by atoms with Gasteiger partial charge in [-0.1, -0.05) is 59.7 Å². The Hall–Kier alpha value is -2.16. The fourth-order valence-corrected chi connectivity index (χ4v) is 3.82. The Morgan fingerprint density at radius 1 is 0.846 bits per heavy atom. The first kappa shape index (κ1) is 17.3. The summed E-state index contributed by atoms with van der Waals surface area (Å²) in [5.41, 5.74) is 4.95. The minimum Gasteiger partial charge on any atom is -0.485 e. The van der Waals surface area contributed by atoms with Crippen LogP contribution >= 0.6 is 0 Å². The smallest absolute Gasteiger partial charge is 0.231 e. The van der Waals surface area contributed by atoms with Crippen molar-refractivity contribution in [2.24, 2.45) is 0 Å².